The quantitative estimate of drug-likeness (QED) is 0.393. The average Bonchev–Trinajstić information content (AvgIpc) is 3.57. The van der Waals surface area contributed by atoms with Gasteiger partial charge in [-0.3, -0.25) is 0 Å². The lowest BCUT2D eigenvalue weighted by molar-refractivity contribution is 0.0527. The van der Waals surface area contributed by atoms with Crippen LogP contribution in [0.5, 0.6) is 11.5 Å². The van der Waals surface area contributed by atoms with E-state index in [1.165, 1.54) is 16.2 Å². The van der Waals surface area contributed by atoms with E-state index >= 15 is 0 Å². The summed E-state index contributed by atoms with van der Waals surface area (Å²) in [6, 6.07) is 7.86. The fraction of sp³-hybridized carbons (Fsp3) is 0.261. The molecule has 9 heteroatoms. The van der Waals surface area contributed by atoms with E-state index in [2.05, 4.69) is 16.4 Å². The number of nitriles is 1. The van der Waals surface area contributed by atoms with Crippen molar-refractivity contribution in [2.24, 2.45) is 0 Å². The zero-order valence-electron chi connectivity index (χ0n) is 17.3. The highest BCUT2D eigenvalue weighted by molar-refractivity contribution is 7.16. The molecule has 1 aromatic carbocycles. The third-order valence-corrected chi connectivity index (χ3v) is 7.37. The fourth-order valence-electron chi connectivity index (χ4n) is 3.79. The summed E-state index contributed by atoms with van der Waals surface area (Å²) in [5.74, 6) is 1.08. The number of ether oxygens (including phenoxy) is 3. The zero-order chi connectivity index (χ0) is 22.1. The van der Waals surface area contributed by atoms with Gasteiger partial charge in [-0.1, -0.05) is 0 Å². The van der Waals surface area contributed by atoms with E-state index in [0.29, 0.717) is 39.3 Å². The molecule has 0 amide bonds. The van der Waals surface area contributed by atoms with Crippen LogP contribution >= 0.6 is 22.7 Å². The molecule has 0 unspecified atom stereocenters. The van der Waals surface area contributed by atoms with Gasteiger partial charge < -0.3 is 19.5 Å². The van der Waals surface area contributed by atoms with Crippen molar-refractivity contribution in [1.82, 2.24) is 4.98 Å². The fourth-order valence-corrected chi connectivity index (χ4v) is 5.83. The molecule has 2 aromatic heterocycles. The number of carbonyl (C=O) groups is 1. The average molecular weight is 466 g/mol. The van der Waals surface area contributed by atoms with Crippen molar-refractivity contribution in [1.29, 1.82) is 5.26 Å². The molecule has 0 atom stereocenters. The molecule has 0 spiro atoms. The van der Waals surface area contributed by atoms with E-state index in [1.807, 2.05) is 23.6 Å². The summed E-state index contributed by atoms with van der Waals surface area (Å²) in [6.07, 6.45) is 4.51. The predicted molar refractivity (Wildman–Crippen MR) is 123 cm³/mol. The summed E-state index contributed by atoms with van der Waals surface area (Å²) in [5.41, 5.74) is 3.71. The van der Waals surface area contributed by atoms with Gasteiger partial charge >= 0.3 is 5.97 Å². The number of carbonyl (C=O) groups excluding carboxylic acids is 1. The first kappa shape index (κ1) is 20.5. The highest BCUT2D eigenvalue weighted by Gasteiger charge is 2.27. The van der Waals surface area contributed by atoms with Crippen LogP contribution in [0.15, 0.2) is 29.8 Å². The van der Waals surface area contributed by atoms with E-state index < -0.39 is 0 Å². The van der Waals surface area contributed by atoms with Gasteiger partial charge in [-0.2, -0.15) is 5.26 Å². The monoisotopic (exact) mass is 465 g/mol. The molecule has 2 aliphatic rings. The van der Waals surface area contributed by atoms with Gasteiger partial charge in [0.1, 0.15) is 21.7 Å². The van der Waals surface area contributed by atoms with E-state index in [0.717, 1.165) is 36.1 Å². The van der Waals surface area contributed by atoms with Crippen LogP contribution in [-0.2, 0) is 17.6 Å². The Morgan fingerprint density at radius 1 is 1.34 bits per heavy atom. The number of thiophene rings is 1. The number of nitrogens with one attached hydrogen (secondary N) is 1. The lowest BCUT2D eigenvalue weighted by Gasteiger charge is -2.06. The normalized spacial score (nSPS) is 14.2. The minimum atomic E-state index is -0.319. The zero-order valence-corrected chi connectivity index (χ0v) is 18.9. The van der Waals surface area contributed by atoms with E-state index in [-0.39, 0.29) is 12.8 Å². The Bertz CT molecular complexity index is 1270. The number of fused-ring (bicyclic) bond motifs is 2. The van der Waals surface area contributed by atoms with Crippen LogP contribution in [0.25, 0.3) is 16.8 Å². The van der Waals surface area contributed by atoms with Crippen molar-refractivity contribution >= 4 is 39.2 Å². The summed E-state index contributed by atoms with van der Waals surface area (Å²) < 4.78 is 16.1. The Balaban J connectivity index is 1.40. The third kappa shape index (κ3) is 3.72. The van der Waals surface area contributed by atoms with Gasteiger partial charge in [-0.25, -0.2) is 9.78 Å². The van der Waals surface area contributed by atoms with E-state index in [4.69, 9.17) is 14.2 Å². The van der Waals surface area contributed by atoms with E-state index in [1.54, 1.807) is 24.5 Å². The number of benzene rings is 1. The lowest BCUT2D eigenvalue weighted by atomic mass is 10.1. The highest BCUT2D eigenvalue weighted by Crippen LogP contribution is 2.40. The maximum Gasteiger partial charge on any atom is 0.341 e. The molecule has 0 fully saturated rings. The second kappa shape index (κ2) is 8.65. The van der Waals surface area contributed by atoms with Crippen LogP contribution in [0.1, 0.15) is 39.2 Å². The summed E-state index contributed by atoms with van der Waals surface area (Å²) >= 11 is 2.94. The molecule has 0 radical (unpaired) electrons. The van der Waals surface area contributed by atoms with E-state index in [9.17, 15) is 10.1 Å². The van der Waals surface area contributed by atoms with Crippen LogP contribution in [0, 0.1) is 11.3 Å². The minimum Gasteiger partial charge on any atom is -0.462 e. The molecule has 1 aliphatic heterocycles. The molecule has 0 saturated carbocycles. The molecule has 5 rings (SSSR count). The van der Waals surface area contributed by atoms with Crippen molar-refractivity contribution in [3.8, 4) is 28.8 Å². The number of esters is 1. The lowest BCUT2D eigenvalue weighted by Crippen LogP contribution is -2.08. The molecule has 3 heterocycles. The first-order valence-corrected chi connectivity index (χ1v) is 11.9. The first-order chi connectivity index (χ1) is 15.7. The van der Waals surface area contributed by atoms with Crippen LogP contribution in [0.3, 0.4) is 0 Å². The molecule has 162 valence electrons. The van der Waals surface area contributed by atoms with Crippen LogP contribution < -0.4 is 14.8 Å². The second-order valence-electron chi connectivity index (χ2n) is 7.20. The second-order valence-corrected chi connectivity index (χ2v) is 9.17. The van der Waals surface area contributed by atoms with Crippen molar-refractivity contribution in [2.45, 2.75) is 26.2 Å². The molecule has 0 bridgehead atoms. The Kier molecular flexibility index (Phi) is 5.55. The number of aryl methyl sites for hydroxylation is 1. The smallest absolute Gasteiger partial charge is 0.341 e. The van der Waals surface area contributed by atoms with Crippen LogP contribution in [0.2, 0.25) is 0 Å². The Morgan fingerprint density at radius 3 is 3.06 bits per heavy atom. The minimum absolute atomic E-state index is 0.216. The molecular weight excluding hydrogens is 446 g/mol. The number of hydrogen-bond donors (Lipinski definition) is 1. The number of aromatic nitrogens is 1. The number of nitrogens with zero attached hydrogens (tertiary/aromatic N) is 2. The molecule has 32 heavy (non-hydrogen) atoms. The number of allylic oxidation sites excluding steroid dienone is 1. The van der Waals surface area contributed by atoms with Crippen molar-refractivity contribution in [3.63, 3.8) is 0 Å². The number of rotatable bonds is 6. The first-order valence-electron chi connectivity index (χ1n) is 10.2. The maximum atomic E-state index is 12.5. The van der Waals surface area contributed by atoms with Gasteiger partial charge in [0.25, 0.3) is 0 Å². The van der Waals surface area contributed by atoms with Crippen molar-refractivity contribution in [3.05, 3.63) is 50.8 Å². The third-order valence-electron chi connectivity index (χ3n) is 5.27. The Hall–Kier alpha value is -3.35. The summed E-state index contributed by atoms with van der Waals surface area (Å²) in [5, 5.41) is 16.1. The van der Waals surface area contributed by atoms with Gasteiger partial charge in [0, 0.05) is 22.0 Å². The van der Waals surface area contributed by atoms with Gasteiger partial charge in [-0.05, 0) is 49.9 Å². The number of thiazole rings is 1. The van der Waals surface area contributed by atoms with Crippen LogP contribution in [0.4, 0.5) is 5.00 Å². The maximum absolute atomic E-state index is 12.5. The van der Waals surface area contributed by atoms with Gasteiger partial charge in [-0.15, -0.1) is 22.7 Å². The summed E-state index contributed by atoms with van der Waals surface area (Å²) in [6.45, 7) is 2.34. The number of anilines is 1. The molecule has 1 N–H and O–H groups in total. The van der Waals surface area contributed by atoms with Crippen molar-refractivity contribution in [2.75, 3.05) is 18.7 Å². The standard InChI is InChI=1S/C23H19N3O4S2/c1-2-28-23(27)20-15-4-3-5-19(15)32-22(20)25-10-14(9-24)21-26-16(11-31-21)13-6-7-17-18(8-13)30-12-29-17/h6-8,10-11,25H,2-5,12H2,1H3. The summed E-state index contributed by atoms with van der Waals surface area (Å²) in [4.78, 5) is 18.4. The number of hydrogen-bond acceptors (Lipinski definition) is 9. The van der Waals surface area contributed by atoms with Gasteiger partial charge in [0.2, 0.25) is 6.79 Å². The predicted octanol–water partition coefficient (Wildman–Crippen LogP) is 5.24. The van der Waals surface area contributed by atoms with Gasteiger partial charge in [0.05, 0.1) is 17.9 Å². The van der Waals surface area contributed by atoms with Crippen LogP contribution in [-0.4, -0.2) is 24.4 Å². The Labute approximate surface area is 192 Å². The molecule has 3 aromatic rings. The van der Waals surface area contributed by atoms with Crippen molar-refractivity contribution < 1.29 is 19.0 Å². The SMILES string of the molecule is CCOC(=O)c1c(NC=C(C#N)c2nc(-c3ccc4c(c3)OCO4)cs2)sc2c1CCC2. The topological polar surface area (TPSA) is 93.5 Å². The highest BCUT2D eigenvalue weighted by atomic mass is 32.1. The molecule has 7 nitrogen and oxygen atoms in total. The largest absolute Gasteiger partial charge is 0.462 e. The summed E-state index contributed by atoms with van der Waals surface area (Å²) in [7, 11) is 0. The molecule has 1 aliphatic carbocycles. The molecular formula is C23H19N3O4S2. The Morgan fingerprint density at radius 2 is 2.22 bits per heavy atom. The van der Waals surface area contributed by atoms with Gasteiger partial charge in [0.15, 0.2) is 11.5 Å². The molecule has 0 saturated heterocycles.